The second-order valence-corrected chi connectivity index (χ2v) is 20.4. The van der Waals surface area contributed by atoms with Crippen LogP contribution in [0.25, 0.3) is 0 Å². The summed E-state index contributed by atoms with van der Waals surface area (Å²) in [6, 6.07) is 32.6. The van der Waals surface area contributed by atoms with Crippen molar-refractivity contribution in [3.8, 4) is 11.5 Å². The van der Waals surface area contributed by atoms with Crippen LogP contribution in [0.3, 0.4) is 0 Å². The van der Waals surface area contributed by atoms with Crippen molar-refractivity contribution in [2.24, 2.45) is 0 Å². The normalized spacial score (nSPS) is 12.2. The molecular formula is C40H54AlLiO8P2. The molecule has 0 spiro atoms. The first kappa shape index (κ1) is 47.9. The Morgan fingerprint density at radius 2 is 0.654 bits per heavy atom. The molecule has 0 aliphatic carbocycles. The molecule has 0 radical (unpaired) electrons. The molecule has 0 heterocycles. The molecule has 52 heavy (non-hydrogen) atoms. The average molecular weight is 759 g/mol. The maximum absolute atomic E-state index is 12.2. The van der Waals surface area contributed by atoms with Crippen LogP contribution < -0.4 is 46.5 Å². The van der Waals surface area contributed by atoms with Crippen LogP contribution in [0, 0.1) is 0 Å². The van der Waals surface area contributed by atoms with Gasteiger partial charge < -0.3 is 28.3 Å². The molecule has 12 heteroatoms. The van der Waals surface area contributed by atoms with Crippen LogP contribution in [0.15, 0.2) is 97.1 Å². The molecular weight excluding hydrogens is 704 g/mol. The summed E-state index contributed by atoms with van der Waals surface area (Å²) in [5, 5.41) is 0. The number of hydrogen-bond acceptors (Lipinski definition) is 6. The molecule has 4 rings (SSSR count). The van der Waals surface area contributed by atoms with Gasteiger partial charge in [-0.25, -0.2) is 4.57 Å². The minimum Gasteiger partial charge on any atom is -0.790 e. The molecule has 0 saturated heterocycles. The first-order chi connectivity index (χ1) is 23.0. The summed E-state index contributed by atoms with van der Waals surface area (Å²) in [6.07, 6.45) is 0. The first-order valence-electron chi connectivity index (χ1n) is 16.8. The molecule has 0 aliphatic heterocycles. The van der Waals surface area contributed by atoms with Crippen molar-refractivity contribution in [1.82, 2.24) is 0 Å². The SMILES string of the molecule is CC(C)(C)c1cc[c]([Al+][c]2ccc(C(C)(C)C)cc2)cc1.CC(C)(C)c1ccc(OP(=O)(O)Oc2ccc(C(C)(C)C)cc2)cc1.O=P([O-])([O-])O.[Li+]. The molecule has 0 atom stereocenters. The largest absolute Gasteiger partial charge is 1.00 e. The van der Waals surface area contributed by atoms with Crippen molar-refractivity contribution < 1.29 is 56.6 Å². The zero-order valence-corrected chi connectivity index (χ0v) is 36.0. The van der Waals surface area contributed by atoms with Crippen molar-refractivity contribution >= 4 is 39.7 Å². The van der Waals surface area contributed by atoms with Gasteiger partial charge in [0, 0.05) is 0 Å². The monoisotopic (exact) mass is 758 g/mol. The Hall–Kier alpha value is -2.09. The number of benzene rings is 4. The molecule has 0 fully saturated rings. The summed E-state index contributed by atoms with van der Waals surface area (Å²) in [7, 11) is -9.39. The molecule has 0 bridgehead atoms. The van der Waals surface area contributed by atoms with Crippen molar-refractivity contribution in [3.05, 3.63) is 119 Å². The van der Waals surface area contributed by atoms with Crippen LogP contribution in [0.5, 0.6) is 11.5 Å². The summed E-state index contributed by atoms with van der Waals surface area (Å²) in [5.41, 5.74) is 5.55. The Bertz CT molecular complexity index is 1630. The Morgan fingerprint density at radius 3 is 0.846 bits per heavy atom. The zero-order chi connectivity index (χ0) is 39.1. The maximum Gasteiger partial charge on any atom is 1.00 e. The third-order valence-electron chi connectivity index (χ3n) is 7.77. The van der Waals surface area contributed by atoms with E-state index in [4.69, 9.17) is 28.3 Å². The van der Waals surface area contributed by atoms with Gasteiger partial charge in [-0.1, -0.05) is 65.8 Å². The Kier molecular flexibility index (Phi) is 17.5. The van der Waals surface area contributed by atoms with Gasteiger partial charge in [0.25, 0.3) is 0 Å². The van der Waals surface area contributed by atoms with Gasteiger partial charge in [-0.3, -0.25) is 4.89 Å². The summed E-state index contributed by atoms with van der Waals surface area (Å²) < 4.78 is 34.1. The Morgan fingerprint density at radius 1 is 0.462 bits per heavy atom. The van der Waals surface area contributed by atoms with E-state index in [1.54, 1.807) is 24.3 Å². The van der Waals surface area contributed by atoms with Gasteiger partial charge in [0.2, 0.25) is 0 Å². The molecule has 0 unspecified atom stereocenters. The molecule has 4 aromatic carbocycles. The summed E-state index contributed by atoms with van der Waals surface area (Å²) in [5.74, 6) is 0.593. The predicted molar refractivity (Wildman–Crippen MR) is 206 cm³/mol. The van der Waals surface area contributed by atoms with E-state index < -0.39 is 15.6 Å². The third kappa shape index (κ3) is 18.3. The summed E-state index contributed by atoms with van der Waals surface area (Å²) in [6.45, 7) is 26.2. The van der Waals surface area contributed by atoms with Crippen LogP contribution in [0.1, 0.15) is 105 Å². The van der Waals surface area contributed by atoms with Crippen LogP contribution in [-0.4, -0.2) is 25.0 Å². The van der Waals surface area contributed by atoms with Crippen molar-refractivity contribution in [2.45, 2.75) is 105 Å². The zero-order valence-electron chi connectivity index (χ0n) is 33.1. The molecule has 0 amide bonds. The van der Waals surface area contributed by atoms with Crippen LogP contribution in [0.2, 0.25) is 0 Å². The van der Waals surface area contributed by atoms with E-state index in [2.05, 4.69) is 132 Å². The van der Waals surface area contributed by atoms with Crippen LogP contribution >= 0.6 is 15.6 Å². The van der Waals surface area contributed by atoms with E-state index >= 15 is 0 Å². The fraction of sp³-hybridized carbons (Fsp3) is 0.400. The molecule has 2 N–H and O–H groups in total. The van der Waals surface area contributed by atoms with E-state index in [0.29, 0.717) is 11.5 Å². The Labute approximate surface area is 330 Å². The second kappa shape index (κ2) is 19.0. The molecule has 0 saturated carbocycles. The molecule has 0 aliphatic rings. The molecule has 276 valence electrons. The van der Waals surface area contributed by atoms with E-state index in [0.717, 1.165) is 11.1 Å². The number of hydrogen-bond donors (Lipinski definition) is 2. The second-order valence-electron chi connectivity index (χ2n) is 16.6. The van der Waals surface area contributed by atoms with Crippen molar-refractivity contribution in [3.63, 3.8) is 0 Å². The number of rotatable bonds is 6. The van der Waals surface area contributed by atoms with E-state index in [-0.39, 0.29) is 55.7 Å². The first-order valence-corrected chi connectivity index (χ1v) is 20.9. The van der Waals surface area contributed by atoms with Gasteiger partial charge >= 0.3 is 163 Å². The summed E-state index contributed by atoms with van der Waals surface area (Å²) in [4.78, 5) is 34.3. The number of phosphoric acid groups is 2. The third-order valence-corrected chi connectivity index (χ3v) is 10.1. The van der Waals surface area contributed by atoms with Crippen molar-refractivity contribution in [1.29, 1.82) is 0 Å². The minimum absolute atomic E-state index is 0. The smallest absolute Gasteiger partial charge is 0.790 e. The topological polar surface area (TPSA) is 139 Å². The Balaban J connectivity index is 0.000000457. The van der Waals surface area contributed by atoms with Gasteiger partial charge in [0.1, 0.15) is 11.5 Å². The standard InChI is InChI=1S/C20H27O4P.2C10H13.Al.Li.H3O4P/c1-19(2,3)15-7-11-17(12-8-15)23-25(21,22)24-18-13-9-16(10-14-18)20(4,5)6;2*1-10(2,3)9-7-5-4-6-8-9;;;1-5(2,3)4/h7-14H,1-6H3,(H,21,22);2*5-8H,1-3H3;;;(H3,1,2,3,4)/q;;;2*+1;/p-2. The van der Waals surface area contributed by atoms with E-state index in [1.165, 1.54) is 20.0 Å². The van der Waals surface area contributed by atoms with E-state index in [9.17, 15) is 9.46 Å². The van der Waals surface area contributed by atoms with Gasteiger partial charge in [0.05, 0.1) is 7.82 Å². The molecule has 8 nitrogen and oxygen atoms in total. The molecule has 4 aromatic rings. The van der Waals surface area contributed by atoms with Gasteiger partial charge in [0.15, 0.2) is 0 Å². The fourth-order valence-electron chi connectivity index (χ4n) is 4.67. The van der Waals surface area contributed by atoms with Crippen LogP contribution in [0.4, 0.5) is 0 Å². The van der Waals surface area contributed by atoms with Gasteiger partial charge in [-0.15, -0.1) is 0 Å². The van der Waals surface area contributed by atoms with Gasteiger partial charge in [-0.05, 0) is 46.2 Å². The molecule has 0 aromatic heterocycles. The predicted octanol–water partition coefficient (Wildman–Crippen LogP) is 4.59. The minimum atomic E-state index is -5.14. The fourth-order valence-corrected chi connectivity index (χ4v) is 6.64. The van der Waals surface area contributed by atoms with Gasteiger partial charge in [-0.2, -0.15) is 0 Å². The maximum atomic E-state index is 12.2. The van der Waals surface area contributed by atoms with Crippen molar-refractivity contribution in [2.75, 3.05) is 0 Å². The summed E-state index contributed by atoms with van der Waals surface area (Å²) >= 11 is 0.191. The van der Waals surface area contributed by atoms with E-state index in [1.807, 2.05) is 24.3 Å². The van der Waals surface area contributed by atoms with Crippen LogP contribution in [-0.2, 0) is 30.8 Å². The quantitative estimate of drug-likeness (QED) is 0.215. The average Bonchev–Trinajstić information content (AvgIpc) is 2.95. The number of phosphoric ester groups is 1.